The number of fused-ring (bicyclic) bond motifs is 2. The van der Waals surface area contributed by atoms with Gasteiger partial charge >= 0.3 is 6.08 Å². The molecule has 4 aromatic heterocycles. The molecule has 8 aromatic rings. The monoisotopic (exact) mass is 719 g/mol. The van der Waals surface area contributed by atoms with E-state index in [2.05, 4.69) is 55.7 Å². The second kappa shape index (κ2) is 15.2. The SMILES string of the molecule is Cc1cc(C)c(Oc2nc(F)nc3c2ccn3Cc2ccccc2)c(C)c1.Cc1cc(C)c(Oc2nc(N)nc3c2ccn3Cc2ccccc2)c(C)c1. The summed E-state index contributed by atoms with van der Waals surface area (Å²) in [5.74, 6) is 2.44. The molecule has 0 radical (unpaired) electrons. The molecule has 272 valence electrons. The van der Waals surface area contributed by atoms with Crippen LogP contribution in [0.3, 0.4) is 0 Å². The molecule has 0 fully saturated rings. The van der Waals surface area contributed by atoms with E-state index in [9.17, 15) is 4.39 Å². The molecule has 4 heterocycles. The molecular formula is C44H42FN7O2. The Kier molecular flexibility index (Phi) is 10.1. The third-order valence-electron chi connectivity index (χ3n) is 9.16. The Hall–Kier alpha value is -6.55. The summed E-state index contributed by atoms with van der Waals surface area (Å²) in [6.45, 7) is 13.5. The number of nitrogens with zero attached hydrogens (tertiary/aromatic N) is 6. The highest BCUT2D eigenvalue weighted by Crippen LogP contribution is 2.35. The van der Waals surface area contributed by atoms with Gasteiger partial charge in [-0.05, 0) is 87.1 Å². The summed E-state index contributed by atoms with van der Waals surface area (Å²) in [5, 5.41) is 1.53. The lowest BCUT2D eigenvalue weighted by Crippen LogP contribution is -2.04. The second-order valence-corrected chi connectivity index (χ2v) is 13.7. The van der Waals surface area contributed by atoms with Crippen molar-refractivity contribution in [1.82, 2.24) is 29.1 Å². The quantitative estimate of drug-likeness (QED) is 0.156. The summed E-state index contributed by atoms with van der Waals surface area (Å²) in [5.41, 5.74) is 16.1. The zero-order valence-electron chi connectivity index (χ0n) is 31.3. The number of hydrogen-bond donors (Lipinski definition) is 1. The van der Waals surface area contributed by atoms with Crippen LogP contribution in [0.5, 0.6) is 23.3 Å². The Morgan fingerprint density at radius 2 is 0.944 bits per heavy atom. The van der Waals surface area contributed by atoms with Crippen LogP contribution in [-0.2, 0) is 13.1 Å². The number of hydrogen-bond acceptors (Lipinski definition) is 7. The van der Waals surface area contributed by atoms with Crippen molar-refractivity contribution in [3.63, 3.8) is 0 Å². The first-order chi connectivity index (χ1) is 26.0. The first-order valence-corrected chi connectivity index (χ1v) is 17.8. The fourth-order valence-corrected chi connectivity index (χ4v) is 6.89. The summed E-state index contributed by atoms with van der Waals surface area (Å²) < 4.78 is 30.4. The molecule has 0 aliphatic heterocycles. The van der Waals surface area contributed by atoms with Crippen LogP contribution in [0.1, 0.15) is 44.5 Å². The Labute approximate surface area is 313 Å². The van der Waals surface area contributed by atoms with Crippen molar-refractivity contribution in [1.29, 1.82) is 0 Å². The van der Waals surface area contributed by atoms with Gasteiger partial charge in [0.2, 0.25) is 17.7 Å². The lowest BCUT2D eigenvalue weighted by molar-refractivity contribution is 0.437. The maximum absolute atomic E-state index is 14.1. The van der Waals surface area contributed by atoms with Gasteiger partial charge in [0.1, 0.15) is 17.1 Å². The van der Waals surface area contributed by atoms with E-state index in [0.29, 0.717) is 35.8 Å². The van der Waals surface area contributed by atoms with E-state index in [4.69, 9.17) is 15.2 Å². The standard InChI is InChI=1S/C22H20FN3O.C22H22N4O/c2*1-14-11-15(2)19(16(3)12-14)27-21-18-9-10-26(20(18)24-22(23)25-21)13-17-7-5-4-6-8-17/h4-12H,13H2,1-3H3;4-12H,13H2,1-3H3,(H2,23,24,25). The minimum atomic E-state index is -0.798. The average Bonchev–Trinajstić information content (AvgIpc) is 3.72. The van der Waals surface area contributed by atoms with E-state index in [-0.39, 0.29) is 11.8 Å². The van der Waals surface area contributed by atoms with Gasteiger partial charge in [0.05, 0.1) is 10.8 Å². The van der Waals surface area contributed by atoms with Crippen molar-refractivity contribution < 1.29 is 13.9 Å². The maximum atomic E-state index is 14.1. The summed E-state index contributed by atoms with van der Waals surface area (Å²) in [6, 6.07) is 32.4. The second-order valence-electron chi connectivity index (χ2n) is 13.7. The number of anilines is 1. The molecule has 9 nitrogen and oxygen atoms in total. The summed E-state index contributed by atoms with van der Waals surface area (Å²) in [6.07, 6.45) is 3.08. The summed E-state index contributed by atoms with van der Waals surface area (Å²) in [7, 11) is 0. The first-order valence-electron chi connectivity index (χ1n) is 17.8. The number of nitrogens with two attached hydrogens (primary N) is 1. The van der Waals surface area contributed by atoms with Gasteiger partial charge in [-0.15, -0.1) is 0 Å². The fraction of sp³-hybridized carbons (Fsp3) is 0.182. The van der Waals surface area contributed by atoms with Crippen molar-refractivity contribution in [2.24, 2.45) is 0 Å². The Bertz CT molecular complexity index is 2370. The van der Waals surface area contributed by atoms with Gasteiger partial charge in [0, 0.05) is 25.5 Å². The topological polar surface area (TPSA) is 106 Å². The fourth-order valence-electron chi connectivity index (χ4n) is 6.89. The van der Waals surface area contributed by atoms with Crippen LogP contribution >= 0.6 is 0 Å². The van der Waals surface area contributed by atoms with Gasteiger partial charge in [-0.25, -0.2) is 0 Å². The van der Waals surface area contributed by atoms with Gasteiger partial charge in [0.15, 0.2) is 5.65 Å². The number of rotatable bonds is 8. The molecule has 8 rings (SSSR count). The number of benzene rings is 4. The Morgan fingerprint density at radius 3 is 1.39 bits per heavy atom. The predicted molar refractivity (Wildman–Crippen MR) is 212 cm³/mol. The number of nitrogen functional groups attached to an aromatic ring is 1. The molecule has 0 spiro atoms. The number of aromatic nitrogens is 6. The lowest BCUT2D eigenvalue weighted by atomic mass is 10.1. The Balaban J connectivity index is 0.000000167. The number of ether oxygens (including phenoxy) is 2. The van der Waals surface area contributed by atoms with Crippen molar-refractivity contribution in [3.05, 3.63) is 160 Å². The normalized spacial score (nSPS) is 11.1. The third kappa shape index (κ3) is 7.78. The molecule has 0 amide bonds. The van der Waals surface area contributed by atoms with Crippen molar-refractivity contribution >= 4 is 28.0 Å². The van der Waals surface area contributed by atoms with Crippen LogP contribution in [0.15, 0.2) is 109 Å². The maximum Gasteiger partial charge on any atom is 0.313 e. The average molecular weight is 720 g/mol. The molecule has 0 saturated carbocycles. The van der Waals surface area contributed by atoms with Gasteiger partial charge in [-0.1, -0.05) is 96.1 Å². The molecule has 0 unspecified atom stereocenters. The van der Waals surface area contributed by atoms with E-state index in [1.54, 1.807) is 0 Å². The molecule has 0 atom stereocenters. The van der Waals surface area contributed by atoms with Gasteiger partial charge in [-0.2, -0.15) is 24.3 Å². The molecular weight excluding hydrogens is 678 g/mol. The highest BCUT2D eigenvalue weighted by Gasteiger charge is 2.17. The predicted octanol–water partition coefficient (Wildman–Crippen LogP) is 10.1. The number of halogens is 1. The third-order valence-corrected chi connectivity index (χ3v) is 9.16. The van der Waals surface area contributed by atoms with Gasteiger partial charge in [-0.3, -0.25) is 0 Å². The van der Waals surface area contributed by atoms with E-state index in [1.807, 2.05) is 124 Å². The van der Waals surface area contributed by atoms with E-state index in [1.165, 1.54) is 11.1 Å². The van der Waals surface area contributed by atoms with Crippen LogP contribution < -0.4 is 15.2 Å². The molecule has 10 heteroatoms. The Morgan fingerprint density at radius 1 is 0.537 bits per heavy atom. The zero-order valence-corrected chi connectivity index (χ0v) is 31.3. The van der Waals surface area contributed by atoms with Crippen LogP contribution in [0, 0.1) is 47.6 Å². The molecule has 4 aromatic carbocycles. The molecule has 54 heavy (non-hydrogen) atoms. The van der Waals surface area contributed by atoms with Crippen LogP contribution in [0.2, 0.25) is 0 Å². The minimum Gasteiger partial charge on any atom is -0.438 e. The van der Waals surface area contributed by atoms with Crippen molar-refractivity contribution in [2.45, 2.75) is 54.6 Å². The first kappa shape index (κ1) is 35.8. The summed E-state index contributed by atoms with van der Waals surface area (Å²) >= 11 is 0. The minimum absolute atomic E-state index is 0.202. The molecule has 0 aliphatic carbocycles. The highest BCUT2D eigenvalue weighted by molar-refractivity contribution is 5.83. The zero-order chi connectivity index (χ0) is 37.9. The van der Waals surface area contributed by atoms with Gasteiger partial charge in [0.25, 0.3) is 0 Å². The van der Waals surface area contributed by atoms with Gasteiger partial charge < -0.3 is 24.3 Å². The van der Waals surface area contributed by atoms with E-state index < -0.39 is 6.08 Å². The molecule has 0 aliphatic rings. The van der Waals surface area contributed by atoms with E-state index in [0.717, 1.165) is 50.2 Å². The number of aryl methyl sites for hydroxylation is 6. The lowest BCUT2D eigenvalue weighted by Gasteiger charge is -2.13. The highest BCUT2D eigenvalue weighted by atomic mass is 19.1. The molecule has 2 N–H and O–H groups in total. The van der Waals surface area contributed by atoms with Crippen molar-refractivity contribution in [2.75, 3.05) is 5.73 Å². The smallest absolute Gasteiger partial charge is 0.313 e. The van der Waals surface area contributed by atoms with E-state index >= 15 is 0 Å². The molecule has 0 saturated heterocycles. The van der Waals surface area contributed by atoms with Crippen molar-refractivity contribution in [3.8, 4) is 23.3 Å². The van der Waals surface area contributed by atoms with Crippen LogP contribution in [0.4, 0.5) is 10.3 Å². The molecule has 0 bridgehead atoms. The van der Waals surface area contributed by atoms with Crippen LogP contribution in [-0.4, -0.2) is 29.1 Å². The van der Waals surface area contributed by atoms with Crippen LogP contribution in [0.25, 0.3) is 22.1 Å². The summed E-state index contributed by atoms with van der Waals surface area (Å²) in [4.78, 5) is 16.7. The largest absolute Gasteiger partial charge is 0.438 e.